The van der Waals surface area contributed by atoms with Crippen molar-refractivity contribution in [2.45, 2.75) is 31.2 Å². The van der Waals surface area contributed by atoms with E-state index in [1.165, 1.54) is 0 Å². The highest BCUT2D eigenvalue weighted by molar-refractivity contribution is 5.85. The summed E-state index contributed by atoms with van der Waals surface area (Å²) in [6, 6.07) is 0. The van der Waals surface area contributed by atoms with E-state index in [-0.39, 0.29) is 0 Å². The van der Waals surface area contributed by atoms with Crippen LogP contribution in [0.25, 0.3) is 0 Å². The molecule has 0 saturated heterocycles. The monoisotopic (exact) mass is 199 g/mol. The van der Waals surface area contributed by atoms with Crippen molar-refractivity contribution >= 4 is 11.9 Å². The van der Waals surface area contributed by atoms with Crippen LogP contribution in [-0.2, 0) is 9.59 Å². The van der Waals surface area contributed by atoms with Crippen LogP contribution >= 0.6 is 0 Å². The van der Waals surface area contributed by atoms with Gasteiger partial charge in [-0.15, -0.1) is 0 Å². The quantitative estimate of drug-likeness (QED) is 0.583. The zero-order valence-electron chi connectivity index (χ0n) is 7.69. The second-order valence-electron chi connectivity index (χ2n) is 4.36. The molecule has 2 aliphatic rings. The Labute approximate surface area is 80.9 Å². The molecule has 5 heteroatoms. The summed E-state index contributed by atoms with van der Waals surface area (Å²) in [5, 5.41) is 17.9. The molecule has 0 unspecified atom stereocenters. The molecule has 0 radical (unpaired) electrons. The van der Waals surface area contributed by atoms with Gasteiger partial charge in [0.05, 0.1) is 5.92 Å². The van der Waals surface area contributed by atoms with Gasteiger partial charge in [-0.1, -0.05) is 0 Å². The van der Waals surface area contributed by atoms with E-state index in [4.69, 9.17) is 15.9 Å². The Bertz CT molecular complexity index is 312. The van der Waals surface area contributed by atoms with E-state index in [1.807, 2.05) is 0 Å². The van der Waals surface area contributed by atoms with Gasteiger partial charge >= 0.3 is 11.9 Å². The fraction of sp³-hybridized carbons (Fsp3) is 0.778. The smallest absolute Gasteiger partial charge is 0.324 e. The molecule has 78 valence electrons. The minimum Gasteiger partial charge on any atom is -0.481 e. The highest BCUT2D eigenvalue weighted by Crippen LogP contribution is 2.64. The van der Waals surface area contributed by atoms with Crippen molar-refractivity contribution in [1.82, 2.24) is 0 Å². The number of hydrogen-bond donors (Lipinski definition) is 3. The first-order valence-corrected chi connectivity index (χ1v) is 4.69. The molecule has 3 atom stereocenters. The Hall–Kier alpha value is -1.10. The van der Waals surface area contributed by atoms with Crippen LogP contribution < -0.4 is 5.73 Å². The molecular formula is C9H13NO4. The van der Waals surface area contributed by atoms with Gasteiger partial charge in [0.15, 0.2) is 0 Å². The van der Waals surface area contributed by atoms with Crippen LogP contribution in [-0.4, -0.2) is 27.7 Å². The Morgan fingerprint density at radius 2 is 1.86 bits per heavy atom. The number of aliphatic carboxylic acids is 2. The molecule has 0 heterocycles. The average Bonchev–Trinajstić information content (AvgIpc) is 1.97. The normalized spacial score (nSPS) is 45.4. The first-order valence-electron chi connectivity index (χ1n) is 4.69. The number of nitrogens with two attached hydrogens (primary N) is 1. The van der Waals surface area contributed by atoms with Crippen LogP contribution in [0, 0.1) is 11.3 Å². The highest BCUT2D eigenvalue weighted by Gasteiger charge is 2.70. The maximum absolute atomic E-state index is 11.0. The van der Waals surface area contributed by atoms with Gasteiger partial charge in [-0.05, 0) is 25.7 Å². The average molecular weight is 199 g/mol. The lowest BCUT2D eigenvalue weighted by Gasteiger charge is -2.63. The molecule has 14 heavy (non-hydrogen) atoms. The molecule has 0 aromatic rings. The standard InChI is InChI=1S/C9H13NO4/c10-9(7(13)14)4-3-8(9)2-1-5(8)6(11)12/h5H,1-4,10H2,(H,11,12)(H,13,14)/t5-,8-,9-/m0/s1. The number of carbonyl (C=O) groups is 2. The van der Waals surface area contributed by atoms with Gasteiger partial charge < -0.3 is 15.9 Å². The van der Waals surface area contributed by atoms with Gasteiger partial charge in [0.2, 0.25) is 0 Å². The van der Waals surface area contributed by atoms with Gasteiger partial charge in [-0.25, -0.2) is 0 Å². The van der Waals surface area contributed by atoms with Gasteiger partial charge in [0, 0.05) is 5.41 Å². The van der Waals surface area contributed by atoms with Crippen molar-refractivity contribution in [1.29, 1.82) is 0 Å². The molecule has 0 bridgehead atoms. The molecular weight excluding hydrogens is 186 g/mol. The molecule has 0 aromatic heterocycles. The van der Waals surface area contributed by atoms with Gasteiger partial charge in [0.25, 0.3) is 0 Å². The molecule has 0 amide bonds. The Morgan fingerprint density at radius 3 is 2.07 bits per heavy atom. The number of hydrogen-bond acceptors (Lipinski definition) is 3. The first-order chi connectivity index (χ1) is 6.44. The van der Waals surface area contributed by atoms with E-state index >= 15 is 0 Å². The van der Waals surface area contributed by atoms with E-state index in [2.05, 4.69) is 0 Å². The van der Waals surface area contributed by atoms with Crippen molar-refractivity contribution in [3.63, 3.8) is 0 Å². The van der Waals surface area contributed by atoms with Crippen LogP contribution in [0.4, 0.5) is 0 Å². The van der Waals surface area contributed by atoms with Crippen LogP contribution in [0.2, 0.25) is 0 Å². The van der Waals surface area contributed by atoms with E-state index in [1.54, 1.807) is 0 Å². The first kappa shape index (κ1) is 9.45. The second kappa shape index (κ2) is 2.48. The summed E-state index contributed by atoms with van der Waals surface area (Å²) in [4.78, 5) is 21.8. The zero-order chi connectivity index (χ0) is 10.6. The number of carboxylic acid groups (broad SMARTS) is 2. The fourth-order valence-electron chi connectivity index (χ4n) is 2.87. The molecule has 4 N–H and O–H groups in total. The third-order valence-electron chi connectivity index (χ3n) is 4.08. The summed E-state index contributed by atoms with van der Waals surface area (Å²) in [6.45, 7) is 0. The van der Waals surface area contributed by atoms with Crippen molar-refractivity contribution in [2.24, 2.45) is 17.1 Å². The maximum atomic E-state index is 11.0. The summed E-state index contributed by atoms with van der Waals surface area (Å²) in [6.07, 6.45) is 2.22. The Balaban J connectivity index is 2.26. The lowest BCUT2D eigenvalue weighted by Crippen LogP contribution is -2.74. The molecule has 0 aromatic carbocycles. The maximum Gasteiger partial charge on any atom is 0.324 e. The fourth-order valence-corrected chi connectivity index (χ4v) is 2.87. The minimum absolute atomic E-state index is 0.395. The highest BCUT2D eigenvalue weighted by atomic mass is 16.4. The van der Waals surface area contributed by atoms with E-state index in [0.29, 0.717) is 25.7 Å². The SMILES string of the molecule is N[C@]1(C(=O)O)CC[C@]12CC[C@H]2C(=O)O. The third kappa shape index (κ3) is 0.785. The summed E-state index contributed by atoms with van der Waals surface area (Å²) < 4.78 is 0. The number of carboxylic acids is 2. The van der Waals surface area contributed by atoms with Crippen LogP contribution in [0.5, 0.6) is 0 Å². The zero-order valence-corrected chi connectivity index (χ0v) is 7.69. The Morgan fingerprint density at radius 1 is 1.21 bits per heavy atom. The largest absolute Gasteiger partial charge is 0.481 e. The van der Waals surface area contributed by atoms with Crippen molar-refractivity contribution in [3.05, 3.63) is 0 Å². The van der Waals surface area contributed by atoms with Crippen molar-refractivity contribution < 1.29 is 19.8 Å². The summed E-state index contributed by atoms with van der Waals surface area (Å²) in [5.41, 5.74) is 3.79. The predicted molar refractivity (Wildman–Crippen MR) is 46.6 cm³/mol. The van der Waals surface area contributed by atoms with Gasteiger partial charge in [0.1, 0.15) is 5.54 Å². The molecule has 2 saturated carbocycles. The molecule has 0 aliphatic heterocycles. The Kier molecular flexibility index (Phi) is 1.67. The lowest BCUT2D eigenvalue weighted by molar-refractivity contribution is -0.191. The molecule has 2 fully saturated rings. The third-order valence-corrected chi connectivity index (χ3v) is 4.08. The van der Waals surface area contributed by atoms with E-state index in [0.717, 1.165) is 0 Å². The van der Waals surface area contributed by atoms with Crippen LogP contribution in [0.1, 0.15) is 25.7 Å². The molecule has 1 spiro atoms. The molecule has 2 rings (SSSR count). The van der Waals surface area contributed by atoms with Crippen molar-refractivity contribution in [2.75, 3.05) is 0 Å². The molecule has 5 nitrogen and oxygen atoms in total. The van der Waals surface area contributed by atoms with Crippen LogP contribution in [0.15, 0.2) is 0 Å². The topological polar surface area (TPSA) is 101 Å². The second-order valence-corrected chi connectivity index (χ2v) is 4.36. The van der Waals surface area contributed by atoms with E-state index < -0.39 is 28.8 Å². The summed E-state index contributed by atoms with van der Waals surface area (Å²) in [5.74, 6) is -2.53. The molecule has 2 aliphatic carbocycles. The minimum atomic E-state index is -1.30. The van der Waals surface area contributed by atoms with E-state index in [9.17, 15) is 9.59 Å². The number of rotatable bonds is 2. The van der Waals surface area contributed by atoms with Crippen LogP contribution in [0.3, 0.4) is 0 Å². The van der Waals surface area contributed by atoms with Gasteiger partial charge in [-0.2, -0.15) is 0 Å². The summed E-state index contributed by atoms with van der Waals surface area (Å²) >= 11 is 0. The predicted octanol–water partition coefficient (Wildman–Crippen LogP) is 0.0433. The van der Waals surface area contributed by atoms with Gasteiger partial charge in [-0.3, -0.25) is 9.59 Å². The summed E-state index contributed by atoms with van der Waals surface area (Å²) in [7, 11) is 0. The van der Waals surface area contributed by atoms with Crippen molar-refractivity contribution in [3.8, 4) is 0 Å². The lowest BCUT2D eigenvalue weighted by atomic mass is 9.41.